The van der Waals surface area contributed by atoms with Crippen LogP contribution in [0.25, 0.3) is 0 Å². The van der Waals surface area contributed by atoms with Crippen molar-refractivity contribution in [1.29, 1.82) is 0 Å². The highest BCUT2D eigenvalue weighted by molar-refractivity contribution is 5.11. The molecule has 0 aromatic carbocycles. The number of hydrogen-bond donors (Lipinski definition) is 1. The maximum Gasteiger partial charge on any atom is 0.216 e. The van der Waals surface area contributed by atoms with Crippen LogP contribution < -0.4 is 4.74 Å². The molecule has 1 unspecified atom stereocenters. The highest BCUT2D eigenvalue weighted by Gasteiger charge is 2.38. The molecule has 1 saturated heterocycles. The van der Waals surface area contributed by atoms with E-state index in [0.29, 0.717) is 5.88 Å². The third-order valence-electron chi connectivity index (χ3n) is 4.01. The molecule has 104 valence electrons. The number of ether oxygens (including phenoxy) is 1. The van der Waals surface area contributed by atoms with E-state index in [2.05, 4.69) is 9.88 Å². The summed E-state index contributed by atoms with van der Waals surface area (Å²) in [6.45, 7) is 2.42. The molecule has 4 nitrogen and oxygen atoms in total. The second-order valence-corrected chi connectivity index (χ2v) is 5.64. The fraction of sp³-hybridized carbons (Fsp3) is 0.643. The minimum atomic E-state index is -0.517. The number of β-amino-alcohol motifs (C(OH)–C–C–N with tert-alkyl or cyclic N) is 1. The van der Waals surface area contributed by atoms with Crippen molar-refractivity contribution in [1.82, 2.24) is 9.88 Å². The van der Waals surface area contributed by atoms with E-state index in [9.17, 15) is 9.50 Å². The van der Waals surface area contributed by atoms with Gasteiger partial charge >= 0.3 is 0 Å². The molecule has 19 heavy (non-hydrogen) atoms. The SMILES string of the molecule is OC1(CN2CCC(Oc3cccc(F)n3)C2)CCC1. The largest absolute Gasteiger partial charge is 0.473 e. The van der Waals surface area contributed by atoms with Crippen molar-refractivity contribution in [2.45, 2.75) is 37.4 Å². The van der Waals surface area contributed by atoms with Crippen molar-refractivity contribution in [3.63, 3.8) is 0 Å². The summed E-state index contributed by atoms with van der Waals surface area (Å²) >= 11 is 0. The van der Waals surface area contributed by atoms with Gasteiger partial charge in [0, 0.05) is 25.7 Å². The van der Waals surface area contributed by atoms with Crippen molar-refractivity contribution < 1.29 is 14.2 Å². The molecule has 0 amide bonds. The van der Waals surface area contributed by atoms with Crippen LogP contribution in [0.2, 0.25) is 0 Å². The van der Waals surface area contributed by atoms with Crippen LogP contribution in [-0.4, -0.2) is 46.3 Å². The smallest absolute Gasteiger partial charge is 0.216 e. The van der Waals surface area contributed by atoms with E-state index < -0.39 is 11.5 Å². The number of likely N-dealkylation sites (tertiary alicyclic amines) is 1. The molecular weight excluding hydrogens is 247 g/mol. The second-order valence-electron chi connectivity index (χ2n) is 5.64. The van der Waals surface area contributed by atoms with Crippen molar-refractivity contribution in [3.8, 4) is 5.88 Å². The first kappa shape index (κ1) is 12.8. The quantitative estimate of drug-likeness (QED) is 0.841. The Morgan fingerprint density at radius 3 is 3.00 bits per heavy atom. The van der Waals surface area contributed by atoms with Gasteiger partial charge < -0.3 is 9.84 Å². The molecule has 1 aliphatic carbocycles. The van der Waals surface area contributed by atoms with Crippen LogP contribution in [0.4, 0.5) is 4.39 Å². The molecule has 5 heteroatoms. The lowest BCUT2D eigenvalue weighted by molar-refractivity contribution is -0.0559. The summed E-state index contributed by atoms with van der Waals surface area (Å²) in [6.07, 6.45) is 3.87. The number of aromatic nitrogens is 1. The fourth-order valence-corrected chi connectivity index (χ4v) is 2.82. The number of halogens is 1. The molecule has 1 N–H and O–H groups in total. The minimum Gasteiger partial charge on any atom is -0.473 e. The second kappa shape index (κ2) is 5.06. The highest BCUT2D eigenvalue weighted by atomic mass is 19.1. The zero-order valence-electron chi connectivity index (χ0n) is 10.9. The lowest BCUT2D eigenvalue weighted by atomic mass is 9.80. The first-order valence-corrected chi connectivity index (χ1v) is 6.87. The van der Waals surface area contributed by atoms with Gasteiger partial charge in [0.1, 0.15) is 6.10 Å². The van der Waals surface area contributed by atoms with E-state index >= 15 is 0 Å². The maximum absolute atomic E-state index is 13.0. The minimum absolute atomic E-state index is 0.0398. The van der Waals surface area contributed by atoms with Gasteiger partial charge in [-0.25, -0.2) is 0 Å². The molecule has 1 aromatic heterocycles. The molecule has 2 aliphatic rings. The Morgan fingerprint density at radius 1 is 1.47 bits per heavy atom. The van der Waals surface area contributed by atoms with E-state index in [1.807, 2.05) is 0 Å². The summed E-state index contributed by atoms with van der Waals surface area (Å²) in [4.78, 5) is 5.93. The van der Waals surface area contributed by atoms with Gasteiger partial charge in [-0.05, 0) is 31.7 Å². The van der Waals surface area contributed by atoms with Gasteiger partial charge in [0.25, 0.3) is 0 Å². The molecule has 1 aliphatic heterocycles. The molecular formula is C14H19FN2O2. The van der Waals surface area contributed by atoms with Crippen LogP contribution in [-0.2, 0) is 0 Å². The van der Waals surface area contributed by atoms with Crippen LogP contribution in [0.5, 0.6) is 5.88 Å². The molecule has 0 radical (unpaired) electrons. The van der Waals surface area contributed by atoms with Gasteiger partial charge in [0.2, 0.25) is 11.8 Å². The number of rotatable bonds is 4. The van der Waals surface area contributed by atoms with Gasteiger partial charge in [-0.2, -0.15) is 9.37 Å². The Labute approximate surface area is 112 Å². The standard InChI is InChI=1S/C14H19FN2O2/c15-12-3-1-4-13(16-12)19-11-5-8-17(9-11)10-14(18)6-2-7-14/h1,3-4,11,18H,2,5-10H2. The van der Waals surface area contributed by atoms with Crippen LogP contribution in [0, 0.1) is 5.95 Å². The number of hydrogen-bond acceptors (Lipinski definition) is 4. The molecule has 2 fully saturated rings. The Kier molecular flexibility index (Phi) is 3.41. The third kappa shape index (κ3) is 3.04. The van der Waals surface area contributed by atoms with Crippen LogP contribution in [0.3, 0.4) is 0 Å². The van der Waals surface area contributed by atoms with Crippen LogP contribution in [0.1, 0.15) is 25.7 Å². The predicted molar refractivity (Wildman–Crippen MR) is 68.5 cm³/mol. The first-order chi connectivity index (χ1) is 9.13. The summed E-state index contributed by atoms with van der Waals surface area (Å²) < 4.78 is 18.6. The monoisotopic (exact) mass is 266 g/mol. The molecule has 0 spiro atoms. The Hall–Kier alpha value is -1.20. The van der Waals surface area contributed by atoms with Gasteiger partial charge in [0.05, 0.1) is 5.60 Å². The molecule has 3 rings (SSSR count). The summed E-state index contributed by atoms with van der Waals surface area (Å²) in [5.74, 6) is -0.176. The topological polar surface area (TPSA) is 45.6 Å². The summed E-state index contributed by atoms with van der Waals surface area (Å²) in [5.41, 5.74) is -0.480. The molecule has 1 atom stereocenters. The summed E-state index contributed by atoms with van der Waals surface area (Å²) in [5, 5.41) is 10.1. The first-order valence-electron chi connectivity index (χ1n) is 6.87. The van der Waals surface area contributed by atoms with Crippen molar-refractivity contribution >= 4 is 0 Å². The number of pyridine rings is 1. The van der Waals surface area contributed by atoms with E-state index in [-0.39, 0.29) is 6.10 Å². The molecule has 1 aromatic rings. The predicted octanol–water partition coefficient (Wildman–Crippen LogP) is 1.59. The normalized spacial score (nSPS) is 26.1. The van der Waals surface area contributed by atoms with E-state index in [4.69, 9.17) is 4.74 Å². The van der Waals surface area contributed by atoms with Gasteiger partial charge in [-0.3, -0.25) is 4.90 Å². The van der Waals surface area contributed by atoms with Crippen molar-refractivity contribution in [2.75, 3.05) is 19.6 Å². The van der Waals surface area contributed by atoms with Crippen LogP contribution in [0.15, 0.2) is 18.2 Å². The van der Waals surface area contributed by atoms with E-state index in [0.717, 1.165) is 45.3 Å². The lowest BCUT2D eigenvalue weighted by Crippen LogP contribution is -2.47. The highest BCUT2D eigenvalue weighted by Crippen LogP contribution is 2.33. The Bertz CT molecular complexity index is 451. The van der Waals surface area contributed by atoms with Gasteiger partial charge in [0.15, 0.2) is 0 Å². The van der Waals surface area contributed by atoms with Gasteiger partial charge in [-0.1, -0.05) is 6.07 Å². The van der Waals surface area contributed by atoms with Crippen molar-refractivity contribution in [2.24, 2.45) is 0 Å². The Balaban J connectivity index is 1.51. The fourth-order valence-electron chi connectivity index (χ4n) is 2.82. The average Bonchev–Trinajstić information content (AvgIpc) is 2.74. The number of aliphatic hydroxyl groups is 1. The Morgan fingerprint density at radius 2 is 2.32 bits per heavy atom. The molecule has 1 saturated carbocycles. The summed E-state index contributed by atoms with van der Waals surface area (Å²) in [6, 6.07) is 4.58. The van der Waals surface area contributed by atoms with E-state index in [1.54, 1.807) is 12.1 Å². The zero-order chi connectivity index (χ0) is 13.3. The number of nitrogens with zero attached hydrogens (tertiary/aromatic N) is 2. The van der Waals surface area contributed by atoms with E-state index in [1.165, 1.54) is 6.07 Å². The molecule has 0 bridgehead atoms. The zero-order valence-corrected chi connectivity index (χ0v) is 10.9. The molecule has 2 heterocycles. The average molecular weight is 266 g/mol. The van der Waals surface area contributed by atoms with Crippen LogP contribution >= 0.6 is 0 Å². The third-order valence-corrected chi connectivity index (χ3v) is 4.01. The maximum atomic E-state index is 13.0. The summed E-state index contributed by atoms with van der Waals surface area (Å²) in [7, 11) is 0. The van der Waals surface area contributed by atoms with Gasteiger partial charge in [-0.15, -0.1) is 0 Å². The van der Waals surface area contributed by atoms with Crippen molar-refractivity contribution in [3.05, 3.63) is 24.1 Å². The lowest BCUT2D eigenvalue weighted by Gasteiger charge is -2.39.